The Morgan fingerprint density at radius 1 is 0.941 bits per heavy atom. The zero-order valence-corrected chi connectivity index (χ0v) is 12.2. The van der Waals surface area contributed by atoms with Crippen molar-refractivity contribution in [2.45, 2.75) is 78.1 Å². The van der Waals surface area contributed by atoms with Gasteiger partial charge < -0.3 is 4.90 Å². The van der Waals surface area contributed by atoms with Crippen LogP contribution in [0.25, 0.3) is 0 Å². The van der Waals surface area contributed by atoms with Crippen LogP contribution in [-0.4, -0.2) is 24.5 Å². The van der Waals surface area contributed by atoms with Gasteiger partial charge in [-0.25, -0.2) is 0 Å². The van der Waals surface area contributed by atoms with Gasteiger partial charge in [0, 0.05) is 6.54 Å². The average molecular weight is 239 g/mol. The molecule has 1 rings (SSSR count). The molecule has 0 aliphatic carbocycles. The summed E-state index contributed by atoms with van der Waals surface area (Å²) in [5.74, 6) is 1.01. The van der Waals surface area contributed by atoms with Crippen LogP contribution in [0.15, 0.2) is 0 Å². The Balaban J connectivity index is 2.03. The summed E-state index contributed by atoms with van der Waals surface area (Å²) in [6.45, 7) is 8.74. The lowest BCUT2D eigenvalue weighted by atomic mass is 9.93. The van der Waals surface area contributed by atoms with Gasteiger partial charge in [-0.2, -0.15) is 0 Å². The molecule has 1 saturated heterocycles. The summed E-state index contributed by atoms with van der Waals surface area (Å²) in [6.07, 6.45) is 14.3. The van der Waals surface area contributed by atoms with Gasteiger partial charge in [-0.3, -0.25) is 0 Å². The van der Waals surface area contributed by atoms with Gasteiger partial charge in [0.2, 0.25) is 0 Å². The van der Waals surface area contributed by atoms with E-state index in [-0.39, 0.29) is 0 Å². The highest BCUT2D eigenvalue weighted by Crippen LogP contribution is 2.21. The molecule has 0 bridgehead atoms. The predicted octanol–water partition coefficient (Wildman–Crippen LogP) is 4.86. The van der Waals surface area contributed by atoms with Gasteiger partial charge in [0.25, 0.3) is 0 Å². The van der Waals surface area contributed by atoms with Crippen LogP contribution in [0.5, 0.6) is 0 Å². The van der Waals surface area contributed by atoms with Gasteiger partial charge in [-0.1, -0.05) is 52.4 Å². The molecule has 1 atom stereocenters. The normalized spacial score (nSPS) is 21.9. The summed E-state index contributed by atoms with van der Waals surface area (Å²) in [4.78, 5) is 2.73. The quantitative estimate of drug-likeness (QED) is 0.519. The van der Waals surface area contributed by atoms with Gasteiger partial charge in [-0.15, -0.1) is 0 Å². The van der Waals surface area contributed by atoms with Gasteiger partial charge in [0.15, 0.2) is 0 Å². The van der Waals surface area contributed by atoms with E-state index in [4.69, 9.17) is 0 Å². The highest BCUT2D eigenvalue weighted by molar-refractivity contribution is 4.72. The molecule has 1 nitrogen and oxygen atoms in total. The average Bonchev–Trinajstić information content (AvgIpc) is 2.37. The SMILES string of the molecule is CCCCCCCN1CCCC(CCCC)C1. The first-order valence-corrected chi connectivity index (χ1v) is 8.09. The molecule has 0 aromatic rings. The summed E-state index contributed by atoms with van der Waals surface area (Å²) < 4.78 is 0. The third-order valence-corrected chi connectivity index (χ3v) is 4.15. The number of nitrogens with zero attached hydrogens (tertiary/aromatic N) is 1. The Morgan fingerprint density at radius 3 is 2.47 bits per heavy atom. The largest absolute Gasteiger partial charge is 0.303 e. The first-order valence-electron chi connectivity index (χ1n) is 8.09. The van der Waals surface area contributed by atoms with E-state index in [0.29, 0.717) is 0 Å². The van der Waals surface area contributed by atoms with E-state index in [9.17, 15) is 0 Å². The predicted molar refractivity (Wildman–Crippen MR) is 77.4 cm³/mol. The second-order valence-electron chi connectivity index (χ2n) is 5.87. The van der Waals surface area contributed by atoms with E-state index >= 15 is 0 Å². The molecule has 1 heteroatoms. The van der Waals surface area contributed by atoms with Crippen molar-refractivity contribution in [1.82, 2.24) is 4.90 Å². The molecule has 0 amide bonds. The van der Waals surface area contributed by atoms with Crippen LogP contribution < -0.4 is 0 Å². The van der Waals surface area contributed by atoms with Crippen molar-refractivity contribution in [3.05, 3.63) is 0 Å². The molecule has 1 fully saturated rings. The molecule has 1 aliphatic heterocycles. The van der Waals surface area contributed by atoms with E-state index in [0.717, 1.165) is 5.92 Å². The Labute approximate surface area is 109 Å². The van der Waals surface area contributed by atoms with Crippen LogP contribution in [0, 0.1) is 5.92 Å². The second kappa shape index (κ2) is 9.94. The van der Waals surface area contributed by atoms with Crippen molar-refractivity contribution in [2.75, 3.05) is 19.6 Å². The molecule has 0 aromatic heterocycles. The van der Waals surface area contributed by atoms with Crippen molar-refractivity contribution in [2.24, 2.45) is 5.92 Å². The van der Waals surface area contributed by atoms with Gasteiger partial charge in [0.1, 0.15) is 0 Å². The first kappa shape index (κ1) is 15.0. The van der Waals surface area contributed by atoms with Crippen LogP contribution in [0.3, 0.4) is 0 Å². The van der Waals surface area contributed by atoms with Gasteiger partial charge in [0.05, 0.1) is 0 Å². The molecule has 0 saturated carbocycles. The molecular formula is C16H33N. The molecule has 0 aromatic carbocycles. The van der Waals surface area contributed by atoms with E-state index in [1.54, 1.807) is 0 Å². The number of hydrogen-bond acceptors (Lipinski definition) is 1. The van der Waals surface area contributed by atoms with Gasteiger partial charge >= 0.3 is 0 Å². The molecule has 0 radical (unpaired) electrons. The van der Waals surface area contributed by atoms with E-state index in [2.05, 4.69) is 18.7 Å². The maximum atomic E-state index is 2.73. The molecular weight excluding hydrogens is 206 g/mol. The van der Waals surface area contributed by atoms with Crippen LogP contribution in [0.2, 0.25) is 0 Å². The highest BCUT2D eigenvalue weighted by Gasteiger charge is 2.18. The molecule has 1 unspecified atom stereocenters. The lowest BCUT2D eigenvalue weighted by molar-refractivity contribution is 0.164. The fourth-order valence-corrected chi connectivity index (χ4v) is 3.02. The van der Waals surface area contributed by atoms with E-state index in [1.807, 2.05) is 0 Å². The molecule has 102 valence electrons. The van der Waals surface area contributed by atoms with E-state index < -0.39 is 0 Å². The molecule has 1 aliphatic rings. The second-order valence-corrected chi connectivity index (χ2v) is 5.87. The van der Waals surface area contributed by atoms with Gasteiger partial charge in [-0.05, 0) is 44.7 Å². The van der Waals surface area contributed by atoms with Crippen LogP contribution in [0.4, 0.5) is 0 Å². The minimum Gasteiger partial charge on any atom is -0.303 e. The first-order chi connectivity index (χ1) is 8.36. The number of unbranched alkanes of at least 4 members (excludes halogenated alkanes) is 5. The number of rotatable bonds is 9. The van der Waals surface area contributed by atoms with Crippen molar-refractivity contribution in [3.8, 4) is 0 Å². The monoisotopic (exact) mass is 239 g/mol. The number of hydrogen-bond donors (Lipinski definition) is 0. The van der Waals surface area contributed by atoms with Crippen molar-refractivity contribution in [3.63, 3.8) is 0 Å². The lowest BCUT2D eigenvalue weighted by Gasteiger charge is -2.32. The summed E-state index contributed by atoms with van der Waals surface area (Å²) in [5.41, 5.74) is 0. The minimum absolute atomic E-state index is 1.01. The third kappa shape index (κ3) is 7.08. The summed E-state index contributed by atoms with van der Waals surface area (Å²) in [5, 5.41) is 0. The maximum Gasteiger partial charge on any atom is 0.000966 e. The Morgan fingerprint density at radius 2 is 1.71 bits per heavy atom. The Hall–Kier alpha value is -0.0400. The van der Waals surface area contributed by atoms with Crippen molar-refractivity contribution in [1.29, 1.82) is 0 Å². The topological polar surface area (TPSA) is 3.24 Å². The van der Waals surface area contributed by atoms with Crippen LogP contribution in [-0.2, 0) is 0 Å². The molecule has 17 heavy (non-hydrogen) atoms. The molecule has 0 spiro atoms. The summed E-state index contributed by atoms with van der Waals surface area (Å²) in [7, 11) is 0. The summed E-state index contributed by atoms with van der Waals surface area (Å²) in [6, 6.07) is 0. The standard InChI is InChI=1S/C16H33N/c1-3-5-7-8-9-13-17-14-10-12-16(15-17)11-6-4-2/h16H,3-15H2,1-2H3. The third-order valence-electron chi connectivity index (χ3n) is 4.15. The molecule has 0 N–H and O–H groups in total. The minimum atomic E-state index is 1.01. The van der Waals surface area contributed by atoms with Crippen molar-refractivity contribution >= 4 is 0 Å². The Bertz CT molecular complexity index is 167. The zero-order chi connectivity index (χ0) is 12.3. The van der Waals surface area contributed by atoms with Crippen LogP contribution in [0.1, 0.15) is 78.1 Å². The van der Waals surface area contributed by atoms with Crippen molar-refractivity contribution < 1.29 is 0 Å². The molecule has 1 heterocycles. The maximum absolute atomic E-state index is 2.73. The lowest BCUT2D eigenvalue weighted by Crippen LogP contribution is -2.36. The fraction of sp³-hybridized carbons (Fsp3) is 1.00. The Kier molecular flexibility index (Phi) is 8.78. The van der Waals surface area contributed by atoms with E-state index in [1.165, 1.54) is 83.8 Å². The number of likely N-dealkylation sites (tertiary alicyclic amines) is 1. The summed E-state index contributed by atoms with van der Waals surface area (Å²) >= 11 is 0. The van der Waals surface area contributed by atoms with Crippen LogP contribution >= 0.6 is 0 Å². The fourth-order valence-electron chi connectivity index (χ4n) is 3.02. The highest BCUT2D eigenvalue weighted by atomic mass is 15.1. The zero-order valence-electron chi connectivity index (χ0n) is 12.2. The number of piperidine rings is 1. The smallest absolute Gasteiger partial charge is 0.000966 e.